The Morgan fingerprint density at radius 1 is 1.42 bits per heavy atom. The lowest BCUT2D eigenvalue weighted by atomic mass is 10.2. The second-order valence-electron chi connectivity index (χ2n) is 4.76. The fourth-order valence-electron chi connectivity index (χ4n) is 2.17. The summed E-state index contributed by atoms with van der Waals surface area (Å²) >= 11 is 6.78. The number of nitrogens with two attached hydrogens (primary N) is 1. The number of carbonyl (C=O) groups is 1. The van der Waals surface area contributed by atoms with Crippen LogP contribution in [0.3, 0.4) is 0 Å². The van der Waals surface area contributed by atoms with Crippen LogP contribution in [0.5, 0.6) is 0 Å². The summed E-state index contributed by atoms with van der Waals surface area (Å²) in [5.41, 5.74) is 6.65. The van der Waals surface area contributed by atoms with Gasteiger partial charge in [0.05, 0.1) is 0 Å². The van der Waals surface area contributed by atoms with Crippen LogP contribution in [0.1, 0.15) is 29.9 Å². The molecule has 19 heavy (non-hydrogen) atoms. The zero-order valence-electron chi connectivity index (χ0n) is 11.0. The molecule has 2 atom stereocenters. The van der Waals surface area contributed by atoms with Crippen molar-refractivity contribution in [1.82, 2.24) is 9.88 Å². The number of amides is 1. The molecule has 0 aliphatic carbocycles. The first-order valence-corrected chi connectivity index (χ1v) is 7.53. The highest BCUT2D eigenvalue weighted by Crippen LogP contribution is 2.25. The minimum atomic E-state index is -0.0199. The van der Waals surface area contributed by atoms with Crippen LogP contribution >= 0.6 is 24.0 Å². The molecule has 1 amide bonds. The first-order chi connectivity index (χ1) is 8.97. The van der Waals surface area contributed by atoms with E-state index in [1.54, 1.807) is 18.3 Å². The van der Waals surface area contributed by atoms with E-state index in [2.05, 4.69) is 18.8 Å². The van der Waals surface area contributed by atoms with Crippen LogP contribution in [0.4, 0.5) is 0 Å². The Morgan fingerprint density at radius 3 is 2.53 bits per heavy atom. The molecule has 1 aromatic heterocycles. The van der Waals surface area contributed by atoms with Gasteiger partial charge in [0.2, 0.25) is 0 Å². The zero-order valence-corrected chi connectivity index (χ0v) is 12.6. The number of carbonyl (C=O) groups excluding carboxylic acids is 1. The lowest BCUT2D eigenvalue weighted by molar-refractivity contribution is 0.0747. The number of thiocarbonyl (C=S) groups is 1. The van der Waals surface area contributed by atoms with Gasteiger partial charge >= 0.3 is 0 Å². The van der Waals surface area contributed by atoms with Gasteiger partial charge in [-0.3, -0.25) is 9.78 Å². The molecular formula is C13H17N3OS2. The van der Waals surface area contributed by atoms with Crippen molar-refractivity contribution in [3.05, 3.63) is 29.6 Å². The van der Waals surface area contributed by atoms with Gasteiger partial charge in [-0.15, -0.1) is 0 Å². The molecule has 2 unspecified atom stereocenters. The molecular weight excluding hydrogens is 278 g/mol. The van der Waals surface area contributed by atoms with Gasteiger partial charge < -0.3 is 10.6 Å². The van der Waals surface area contributed by atoms with Crippen LogP contribution in [-0.2, 0) is 0 Å². The second-order valence-corrected chi connectivity index (χ2v) is 7.09. The van der Waals surface area contributed by atoms with Crippen LogP contribution < -0.4 is 5.73 Å². The highest BCUT2D eigenvalue weighted by Gasteiger charge is 2.27. The van der Waals surface area contributed by atoms with Crippen LogP contribution in [0, 0.1) is 0 Å². The third-order valence-corrected chi connectivity index (χ3v) is 4.44. The van der Waals surface area contributed by atoms with Crippen LogP contribution in [0.15, 0.2) is 18.3 Å². The van der Waals surface area contributed by atoms with Crippen molar-refractivity contribution in [2.75, 3.05) is 13.1 Å². The summed E-state index contributed by atoms with van der Waals surface area (Å²) < 4.78 is 0. The summed E-state index contributed by atoms with van der Waals surface area (Å²) in [5, 5.41) is 0.923. The van der Waals surface area contributed by atoms with Gasteiger partial charge in [0.1, 0.15) is 10.7 Å². The number of rotatable bonds is 2. The van der Waals surface area contributed by atoms with E-state index in [0.29, 0.717) is 26.7 Å². The molecule has 6 heteroatoms. The number of hydrogen-bond donors (Lipinski definition) is 1. The lowest BCUT2D eigenvalue weighted by Crippen LogP contribution is -2.44. The maximum absolute atomic E-state index is 12.4. The fraction of sp³-hybridized carbons (Fsp3) is 0.462. The summed E-state index contributed by atoms with van der Waals surface area (Å²) in [7, 11) is 0. The number of hydrogen-bond acceptors (Lipinski definition) is 4. The molecule has 2 N–H and O–H groups in total. The van der Waals surface area contributed by atoms with Gasteiger partial charge in [-0.05, 0) is 12.1 Å². The van der Waals surface area contributed by atoms with Crippen molar-refractivity contribution in [1.29, 1.82) is 0 Å². The van der Waals surface area contributed by atoms with E-state index in [4.69, 9.17) is 18.0 Å². The quantitative estimate of drug-likeness (QED) is 0.841. The summed E-state index contributed by atoms with van der Waals surface area (Å²) in [4.78, 5) is 18.7. The first-order valence-electron chi connectivity index (χ1n) is 6.18. The average molecular weight is 295 g/mol. The SMILES string of the molecule is CC1CN(C(=O)c2ccc(C(N)=S)cn2)CC(C)S1. The normalized spacial score (nSPS) is 23.2. The van der Waals surface area contributed by atoms with Crippen molar-refractivity contribution in [2.45, 2.75) is 24.3 Å². The molecule has 0 aromatic carbocycles. The van der Waals surface area contributed by atoms with Crippen LogP contribution in [0.2, 0.25) is 0 Å². The number of nitrogens with zero attached hydrogens (tertiary/aromatic N) is 2. The molecule has 1 saturated heterocycles. The highest BCUT2D eigenvalue weighted by atomic mass is 32.2. The molecule has 0 bridgehead atoms. The third-order valence-electron chi connectivity index (χ3n) is 2.97. The maximum Gasteiger partial charge on any atom is 0.272 e. The van der Waals surface area contributed by atoms with E-state index >= 15 is 0 Å². The lowest BCUT2D eigenvalue weighted by Gasteiger charge is -2.34. The first kappa shape index (κ1) is 14.3. The molecule has 2 rings (SSSR count). The summed E-state index contributed by atoms with van der Waals surface area (Å²) in [5.74, 6) is -0.0199. The van der Waals surface area contributed by atoms with Crippen LogP contribution in [0.25, 0.3) is 0 Å². The van der Waals surface area contributed by atoms with E-state index in [-0.39, 0.29) is 5.91 Å². The zero-order chi connectivity index (χ0) is 14.0. The largest absolute Gasteiger partial charge is 0.389 e. The molecule has 1 aliphatic rings. The second kappa shape index (κ2) is 5.88. The van der Waals surface area contributed by atoms with Gasteiger partial charge in [0.15, 0.2) is 0 Å². The Hall–Kier alpha value is -1.14. The topological polar surface area (TPSA) is 59.2 Å². The summed E-state index contributed by atoms with van der Waals surface area (Å²) in [6.07, 6.45) is 1.56. The monoisotopic (exact) mass is 295 g/mol. The molecule has 1 fully saturated rings. The van der Waals surface area contributed by atoms with Crippen molar-refractivity contribution in [3.63, 3.8) is 0 Å². The number of aromatic nitrogens is 1. The van der Waals surface area contributed by atoms with Gasteiger partial charge in [-0.25, -0.2) is 0 Å². The van der Waals surface area contributed by atoms with E-state index in [0.717, 1.165) is 13.1 Å². The molecule has 0 saturated carbocycles. The highest BCUT2D eigenvalue weighted by molar-refractivity contribution is 8.00. The predicted octanol–water partition coefficient (Wildman–Crippen LogP) is 1.68. The van der Waals surface area contributed by atoms with E-state index in [9.17, 15) is 4.79 Å². The molecule has 1 aliphatic heterocycles. The van der Waals surface area contributed by atoms with Gasteiger partial charge in [0, 0.05) is 35.3 Å². The smallest absolute Gasteiger partial charge is 0.272 e. The molecule has 102 valence electrons. The fourth-order valence-corrected chi connectivity index (χ4v) is 3.62. The molecule has 4 nitrogen and oxygen atoms in total. The summed E-state index contributed by atoms with van der Waals surface area (Å²) in [6, 6.07) is 3.43. The number of thioether (sulfide) groups is 1. The molecule has 1 aromatic rings. The predicted molar refractivity (Wildman–Crippen MR) is 82.5 cm³/mol. The Balaban J connectivity index is 2.12. The van der Waals surface area contributed by atoms with E-state index in [1.165, 1.54) is 0 Å². The summed E-state index contributed by atoms with van der Waals surface area (Å²) in [6.45, 7) is 5.83. The van der Waals surface area contributed by atoms with Gasteiger partial charge in [-0.2, -0.15) is 11.8 Å². The third kappa shape index (κ3) is 3.45. The Bertz CT molecular complexity index is 479. The van der Waals surface area contributed by atoms with Crippen molar-refractivity contribution >= 4 is 34.9 Å². The maximum atomic E-state index is 12.4. The number of pyridine rings is 1. The molecule has 0 spiro atoms. The van der Waals surface area contributed by atoms with Crippen molar-refractivity contribution < 1.29 is 4.79 Å². The standard InChI is InChI=1S/C13H17N3OS2/c1-8-6-16(7-9(2)19-8)13(17)11-4-3-10(5-15-11)12(14)18/h3-5,8-9H,6-7H2,1-2H3,(H2,14,18). The molecule has 2 heterocycles. The van der Waals surface area contributed by atoms with Crippen molar-refractivity contribution in [3.8, 4) is 0 Å². The Labute approximate surface area is 122 Å². The van der Waals surface area contributed by atoms with E-state index in [1.807, 2.05) is 16.7 Å². The minimum absolute atomic E-state index is 0.0199. The van der Waals surface area contributed by atoms with Gasteiger partial charge in [-0.1, -0.05) is 26.1 Å². The molecule has 0 radical (unpaired) electrons. The van der Waals surface area contributed by atoms with Crippen LogP contribution in [-0.4, -0.2) is 44.4 Å². The van der Waals surface area contributed by atoms with Crippen molar-refractivity contribution in [2.24, 2.45) is 5.73 Å². The Kier molecular flexibility index (Phi) is 4.42. The van der Waals surface area contributed by atoms with Gasteiger partial charge in [0.25, 0.3) is 5.91 Å². The van der Waals surface area contributed by atoms with E-state index < -0.39 is 0 Å². The Morgan fingerprint density at radius 2 is 2.05 bits per heavy atom. The average Bonchev–Trinajstić information content (AvgIpc) is 2.37. The minimum Gasteiger partial charge on any atom is -0.389 e.